The minimum atomic E-state index is -4.24. The van der Waals surface area contributed by atoms with Gasteiger partial charge < -0.3 is 19.3 Å². The lowest BCUT2D eigenvalue weighted by atomic mass is 10.2. The summed E-state index contributed by atoms with van der Waals surface area (Å²) in [4.78, 5) is 19.5. The molecule has 200 valence electrons. The molecule has 1 unspecified atom stereocenters. The summed E-state index contributed by atoms with van der Waals surface area (Å²) in [5.74, 6) is -0.192. The number of imidazole rings is 1. The Kier molecular flexibility index (Phi) is 7.69. The molecule has 0 radical (unpaired) electrons. The molecule has 13 heteroatoms. The summed E-state index contributed by atoms with van der Waals surface area (Å²) >= 11 is 0. The van der Waals surface area contributed by atoms with Crippen LogP contribution in [0.15, 0.2) is 58.6 Å². The Morgan fingerprint density at radius 3 is 2.37 bits per heavy atom. The lowest BCUT2D eigenvalue weighted by Gasteiger charge is -2.13. The van der Waals surface area contributed by atoms with Crippen molar-refractivity contribution >= 4 is 37.8 Å². The van der Waals surface area contributed by atoms with E-state index in [1.807, 2.05) is 6.92 Å². The van der Waals surface area contributed by atoms with Gasteiger partial charge in [0.2, 0.25) is 0 Å². The van der Waals surface area contributed by atoms with Crippen LogP contribution in [0.2, 0.25) is 0 Å². The van der Waals surface area contributed by atoms with Gasteiger partial charge in [0.1, 0.15) is 28.1 Å². The minimum absolute atomic E-state index is 0.0403. The largest absolute Gasteiger partial charge is 0.497 e. The molecule has 0 aliphatic rings. The van der Waals surface area contributed by atoms with Gasteiger partial charge >= 0.3 is 5.97 Å². The molecule has 0 bridgehead atoms. The highest BCUT2D eigenvalue weighted by atomic mass is 32.2. The van der Waals surface area contributed by atoms with Gasteiger partial charge in [-0.3, -0.25) is 4.21 Å². The van der Waals surface area contributed by atoms with Gasteiger partial charge in [-0.25, -0.2) is 27.2 Å². The Labute approximate surface area is 221 Å². The van der Waals surface area contributed by atoms with Crippen molar-refractivity contribution in [2.75, 3.05) is 20.8 Å². The highest BCUT2D eigenvalue weighted by Gasteiger charge is 2.27. The number of hydrogen-bond acceptors (Lipinski definition) is 9. The molecule has 0 saturated heterocycles. The van der Waals surface area contributed by atoms with Crippen molar-refractivity contribution < 1.29 is 36.7 Å². The Hall–Kier alpha value is -3.97. The van der Waals surface area contributed by atoms with E-state index in [4.69, 9.17) is 19.3 Å². The van der Waals surface area contributed by atoms with Gasteiger partial charge in [-0.2, -0.15) is 0 Å². The number of nitrogens with zero attached hydrogens (tertiary/aromatic N) is 3. The van der Waals surface area contributed by atoms with Crippen LogP contribution in [-0.4, -0.2) is 58.5 Å². The van der Waals surface area contributed by atoms with Crippen LogP contribution in [0.4, 0.5) is 0 Å². The summed E-state index contributed by atoms with van der Waals surface area (Å²) in [7, 11) is -3.02. The van der Waals surface area contributed by atoms with Gasteiger partial charge in [0.15, 0.2) is 6.61 Å². The molecule has 4 aromatic rings. The summed E-state index contributed by atoms with van der Waals surface area (Å²) in [5, 5.41) is 9.06. The first kappa shape index (κ1) is 27.1. The first-order valence-electron chi connectivity index (χ1n) is 11.2. The summed E-state index contributed by atoms with van der Waals surface area (Å²) in [6.07, 6.45) is 1.55. The summed E-state index contributed by atoms with van der Waals surface area (Å²) in [6, 6.07) is 10.1. The van der Waals surface area contributed by atoms with Crippen molar-refractivity contribution in [2.24, 2.45) is 0 Å². The predicted octanol–water partition coefficient (Wildman–Crippen LogP) is 3.07. The van der Waals surface area contributed by atoms with Crippen LogP contribution in [0.3, 0.4) is 0 Å². The number of ether oxygens (including phenoxy) is 3. The maximum Gasteiger partial charge on any atom is 0.341 e. The van der Waals surface area contributed by atoms with E-state index in [2.05, 4.69) is 9.97 Å². The standard InChI is InChI=1S/C25H25N3O8S2/c1-15-12-26-25(16(2)24(15)35-4)37(31)14-22-27-20-10-7-18(34-3)11-21(20)28(22)38(32,33)19-8-5-17(6-9-19)36-13-23(29)30/h5-12H,13-14H2,1-4H3,(H,29,30). The number of benzene rings is 2. The number of aryl methyl sites for hydroxylation is 1. The molecule has 38 heavy (non-hydrogen) atoms. The summed E-state index contributed by atoms with van der Waals surface area (Å²) < 4.78 is 58.0. The Balaban J connectivity index is 1.81. The lowest BCUT2D eigenvalue weighted by Crippen LogP contribution is -2.18. The van der Waals surface area contributed by atoms with Crippen LogP contribution in [0.25, 0.3) is 11.0 Å². The second kappa shape index (κ2) is 10.8. The third kappa shape index (κ3) is 5.20. The number of rotatable bonds is 10. The normalized spacial score (nSPS) is 12.3. The van der Waals surface area contributed by atoms with E-state index < -0.39 is 33.4 Å². The number of hydrogen-bond donors (Lipinski definition) is 1. The van der Waals surface area contributed by atoms with Crippen molar-refractivity contribution in [3.63, 3.8) is 0 Å². The number of fused-ring (bicyclic) bond motifs is 1. The molecule has 0 aliphatic heterocycles. The fourth-order valence-corrected chi connectivity index (χ4v) is 6.69. The van der Waals surface area contributed by atoms with Crippen LogP contribution >= 0.6 is 0 Å². The quantitative estimate of drug-likeness (QED) is 0.307. The molecule has 1 N–H and O–H groups in total. The number of aromatic nitrogens is 3. The molecule has 0 aliphatic carbocycles. The zero-order valence-corrected chi connectivity index (χ0v) is 22.6. The van der Waals surface area contributed by atoms with Gasteiger partial charge in [-0.05, 0) is 50.2 Å². The monoisotopic (exact) mass is 559 g/mol. The van der Waals surface area contributed by atoms with Gasteiger partial charge in [0.05, 0.1) is 46.7 Å². The van der Waals surface area contributed by atoms with Crippen LogP contribution in [-0.2, 0) is 31.4 Å². The first-order valence-corrected chi connectivity index (χ1v) is 14.0. The van der Waals surface area contributed by atoms with Gasteiger partial charge in [-0.1, -0.05) is 0 Å². The fraction of sp³-hybridized carbons (Fsp3) is 0.240. The van der Waals surface area contributed by atoms with E-state index in [1.54, 1.807) is 25.3 Å². The summed E-state index contributed by atoms with van der Waals surface area (Å²) in [6.45, 7) is 3.00. The number of aliphatic carboxylic acids is 1. The number of carbonyl (C=O) groups is 1. The molecule has 11 nitrogen and oxygen atoms in total. The Morgan fingerprint density at radius 2 is 1.74 bits per heavy atom. The van der Waals surface area contributed by atoms with Crippen LogP contribution in [0, 0.1) is 13.8 Å². The molecular weight excluding hydrogens is 534 g/mol. The zero-order chi connectivity index (χ0) is 27.6. The summed E-state index contributed by atoms with van der Waals surface area (Å²) in [5.41, 5.74) is 1.99. The maximum atomic E-state index is 13.8. The first-order chi connectivity index (χ1) is 18.1. The average molecular weight is 560 g/mol. The smallest absolute Gasteiger partial charge is 0.341 e. The van der Waals surface area contributed by atoms with E-state index >= 15 is 0 Å². The highest BCUT2D eigenvalue weighted by Crippen LogP contribution is 2.30. The van der Waals surface area contributed by atoms with Gasteiger partial charge in [0, 0.05) is 23.4 Å². The number of methoxy groups -OCH3 is 2. The molecule has 1 atom stereocenters. The second-order valence-corrected chi connectivity index (χ2v) is 11.4. The van der Waals surface area contributed by atoms with Gasteiger partial charge in [-0.15, -0.1) is 0 Å². The fourth-order valence-electron chi connectivity index (χ4n) is 3.96. The van der Waals surface area contributed by atoms with Crippen molar-refractivity contribution in [3.8, 4) is 17.2 Å². The van der Waals surface area contributed by atoms with E-state index in [1.165, 1.54) is 44.6 Å². The molecule has 0 fully saturated rings. The highest BCUT2D eigenvalue weighted by molar-refractivity contribution is 7.90. The third-order valence-electron chi connectivity index (χ3n) is 5.68. The van der Waals surface area contributed by atoms with Crippen LogP contribution in [0.1, 0.15) is 17.0 Å². The topological polar surface area (TPSA) is 147 Å². The molecule has 4 rings (SSSR count). The van der Waals surface area contributed by atoms with Crippen molar-refractivity contribution in [3.05, 3.63) is 65.6 Å². The molecule has 2 aromatic carbocycles. The van der Waals surface area contributed by atoms with E-state index in [9.17, 15) is 17.4 Å². The minimum Gasteiger partial charge on any atom is -0.497 e. The maximum absolute atomic E-state index is 13.8. The number of pyridine rings is 1. The van der Waals surface area contributed by atoms with Crippen molar-refractivity contribution in [1.82, 2.24) is 13.9 Å². The zero-order valence-electron chi connectivity index (χ0n) is 21.0. The molecule has 0 saturated carbocycles. The van der Waals surface area contributed by atoms with E-state index in [0.717, 1.165) is 9.54 Å². The molecule has 2 heterocycles. The molecule has 0 amide bonds. The molecule has 0 spiro atoms. The van der Waals surface area contributed by atoms with Gasteiger partial charge in [0.25, 0.3) is 10.0 Å². The molecule has 2 aromatic heterocycles. The van der Waals surface area contributed by atoms with Crippen molar-refractivity contribution in [1.29, 1.82) is 0 Å². The van der Waals surface area contributed by atoms with E-state index in [0.29, 0.717) is 22.6 Å². The van der Waals surface area contributed by atoms with Crippen molar-refractivity contribution in [2.45, 2.75) is 29.5 Å². The number of carboxylic acids is 1. The second-order valence-electron chi connectivity index (χ2n) is 8.20. The number of carboxylic acid groups (broad SMARTS) is 1. The van der Waals surface area contributed by atoms with Crippen LogP contribution in [0.5, 0.6) is 17.2 Å². The lowest BCUT2D eigenvalue weighted by molar-refractivity contribution is -0.139. The average Bonchev–Trinajstić information content (AvgIpc) is 3.25. The molecular formula is C25H25N3O8S2. The van der Waals surface area contributed by atoms with Crippen LogP contribution < -0.4 is 14.2 Å². The Morgan fingerprint density at radius 1 is 1.05 bits per heavy atom. The Bertz CT molecular complexity index is 1650. The predicted molar refractivity (Wildman–Crippen MR) is 139 cm³/mol. The van der Waals surface area contributed by atoms with E-state index in [-0.39, 0.29) is 32.8 Å². The third-order valence-corrected chi connectivity index (χ3v) is 8.80. The SMILES string of the molecule is COc1ccc2nc(CS(=O)c3ncc(C)c(OC)c3C)n(S(=O)(=O)c3ccc(OCC(=O)O)cc3)c2c1.